The Morgan fingerprint density at radius 3 is 2.61 bits per heavy atom. The van der Waals surface area contributed by atoms with Crippen LogP contribution in [0.2, 0.25) is 0 Å². The topological polar surface area (TPSA) is 31.4 Å². The Labute approximate surface area is 135 Å². The second-order valence-electron chi connectivity index (χ2n) is 6.14. The summed E-state index contributed by atoms with van der Waals surface area (Å²) in [4.78, 5) is 8.76. The fourth-order valence-electron chi connectivity index (χ4n) is 3.33. The molecule has 0 aliphatic carbocycles. The molecule has 0 spiro atoms. The summed E-state index contributed by atoms with van der Waals surface area (Å²) >= 11 is 0. The van der Waals surface area contributed by atoms with E-state index in [1.54, 1.807) is 12.3 Å². The van der Waals surface area contributed by atoms with Crippen LogP contribution >= 0.6 is 0 Å². The molecule has 1 saturated heterocycles. The van der Waals surface area contributed by atoms with Crippen molar-refractivity contribution >= 4 is 17.2 Å². The number of anilines is 3. The third-order valence-corrected chi connectivity index (χ3v) is 4.79. The van der Waals surface area contributed by atoms with Crippen molar-refractivity contribution in [3.63, 3.8) is 0 Å². The maximum Gasteiger partial charge on any atom is 0.165 e. The highest BCUT2D eigenvalue weighted by molar-refractivity contribution is 5.78. The van der Waals surface area contributed by atoms with E-state index in [0.29, 0.717) is 5.82 Å². The summed E-state index contributed by atoms with van der Waals surface area (Å²) in [5, 5.41) is 3.39. The van der Waals surface area contributed by atoms with Gasteiger partial charge in [-0.25, -0.2) is 9.37 Å². The molecule has 2 aliphatic heterocycles. The predicted octanol–water partition coefficient (Wildman–Crippen LogP) is 3.04. The lowest BCUT2D eigenvalue weighted by Gasteiger charge is -2.39. The largest absolute Gasteiger partial charge is 0.379 e. The van der Waals surface area contributed by atoms with Crippen molar-refractivity contribution in [3.8, 4) is 0 Å². The fraction of sp³-hybridized carbons (Fsp3) is 0.389. The average Bonchev–Trinajstić information content (AvgIpc) is 2.56. The van der Waals surface area contributed by atoms with Gasteiger partial charge < -0.3 is 15.1 Å². The molecule has 4 rings (SSSR count). The first-order chi connectivity index (χ1) is 11.3. The molecule has 0 atom stereocenters. The summed E-state index contributed by atoms with van der Waals surface area (Å²) in [5.41, 5.74) is 4.85. The maximum atomic E-state index is 14.2. The van der Waals surface area contributed by atoms with Gasteiger partial charge in [0, 0.05) is 38.9 Å². The van der Waals surface area contributed by atoms with E-state index < -0.39 is 0 Å². The van der Waals surface area contributed by atoms with Gasteiger partial charge in [0.05, 0.1) is 11.4 Å². The summed E-state index contributed by atoms with van der Waals surface area (Å²) in [5.74, 6) is 0.282. The van der Waals surface area contributed by atoms with Crippen LogP contribution in [-0.2, 0) is 13.0 Å². The molecule has 0 saturated carbocycles. The lowest BCUT2D eigenvalue weighted by atomic mass is 10.0. The van der Waals surface area contributed by atoms with Crippen LogP contribution in [0.4, 0.5) is 21.6 Å². The maximum absolute atomic E-state index is 14.2. The number of hydrogen-bond donors (Lipinski definition) is 1. The van der Waals surface area contributed by atoms with E-state index in [4.69, 9.17) is 0 Å². The number of benzene rings is 1. The van der Waals surface area contributed by atoms with Crippen LogP contribution < -0.4 is 15.1 Å². The number of hydrogen-bond acceptors (Lipinski definition) is 4. The van der Waals surface area contributed by atoms with Gasteiger partial charge >= 0.3 is 0 Å². The summed E-state index contributed by atoms with van der Waals surface area (Å²) in [6, 6.07) is 8.06. The van der Waals surface area contributed by atoms with E-state index in [9.17, 15) is 4.39 Å². The van der Waals surface area contributed by atoms with Crippen molar-refractivity contribution in [2.45, 2.75) is 19.9 Å². The second kappa shape index (κ2) is 5.72. The number of pyridine rings is 1. The van der Waals surface area contributed by atoms with Gasteiger partial charge in [-0.3, -0.25) is 0 Å². The minimum absolute atomic E-state index is 0.205. The molecule has 0 radical (unpaired) electrons. The molecule has 2 aliphatic rings. The van der Waals surface area contributed by atoms with E-state index in [0.717, 1.165) is 44.7 Å². The second-order valence-corrected chi connectivity index (χ2v) is 6.14. The zero-order valence-corrected chi connectivity index (χ0v) is 13.3. The van der Waals surface area contributed by atoms with Crippen LogP contribution in [0.1, 0.15) is 18.1 Å². The van der Waals surface area contributed by atoms with E-state index in [1.165, 1.54) is 16.9 Å². The zero-order chi connectivity index (χ0) is 15.8. The molecule has 120 valence electrons. The van der Waals surface area contributed by atoms with Gasteiger partial charge in [0.1, 0.15) is 0 Å². The summed E-state index contributed by atoms with van der Waals surface area (Å²) in [6.07, 6.45) is 2.60. The lowest BCUT2D eigenvalue weighted by molar-refractivity contribution is 0.586. The Hall–Kier alpha value is -2.30. The first-order valence-corrected chi connectivity index (χ1v) is 8.26. The SMILES string of the molecule is CCc1cnc(N2CCN(c3cccc4c3NC4)CC2)c(F)c1. The van der Waals surface area contributed by atoms with Crippen LogP contribution in [0.3, 0.4) is 0 Å². The Balaban J connectivity index is 1.48. The minimum atomic E-state index is -0.205. The average molecular weight is 312 g/mol. The molecule has 0 amide bonds. The standard InChI is InChI=1S/C18H21FN4/c1-2-13-10-15(19)18(21-11-13)23-8-6-22(7-9-23)16-5-3-4-14-12-20-17(14)16/h3-5,10-11,20H,2,6-9,12H2,1H3. The first-order valence-electron chi connectivity index (χ1n) is 8.26. The summed E-state index contributed by atoms with van der Waals surface area (Å²) in [6.45, 7) is 6.32. The highest BCUT2D eigenvalue weighted by atomic mass is 19.1. The van der Waals surface area contributed by atoms with Gasteiger partial charge in [-0.15, -0.1) is 0 Å². The molecule has 3 heterocycles. The van der Waals surface area contributed by atoms with E-state index in [1.807, 2.05) is 11.8 Å². The molecule has 23 heavy (non-hydrogen) atoms. The Morgan fingerprint density at radius 2 is 1.96 bits per heavy atom. The number of halogens is 1. The molecule has 1 fully saturated rings. The van der Waals surface area contributed by atoms with Crippen molar-refractivity contribution < 1.29 is 4.39 Å². The smallest absolute Gasteiger partial charge is 0.165 e. The van der Waals surface area contributed by atoms with Crippen LogP contribution in [0.5, 0.6) is 0 Å². The first kappa shape index (κ1) is 14.3. The predicted molar refractivity (Wildman–Crippen MR) is 91.8 cm³/mol. The summed E-state index contributed by atoms with van der Waals surface area (Å²) < 4.78 is 14.2. The molecular weight excluding hydrogens is 291 g/mol. The quantitative estimate of drug-likeness (QED) is 0.944. The monoisotopic (exact) mass is 312 g/mol. The molecule has 1 aromatic carbocycles. The number of aromatic nitrogens is 1. The van der Waals surface area contributed by atoms with Crippen molar-refractivity contribution in [2.24, 2.45) is 0 Å². The third-order valence-electron chi connectivity index (χ3n) is 4.79. The van der Waals surface area contributed by atoms with Crippen molar-refractivity contribution in [1.82, 2.24) is 4.98 Å². The number of piperazine rings is 1. The van der Waals surface area contributed by atoms with Crippen molar-refractivity contribution in [3.05, 3.63) is 47.4 Å². The number of rotatable bonds is 3. The molecule has 1 N–H and O–H groups in total. The lowest BCUT2D eigenvalue weighted by Crippen LogP contribution is -2.47. The van der Waals surface area contributed by atoms with Crippen molar-refractivity contribution in [2.75, 3.05) is 41.3 Å². The van der Waals surface area contributed by atoms with E-state index in [-0.39, 0.29) is 5.82 Å². The number of nitrogens with zero attached hydrogens (tertiary/aromatic N) is 3. The minimum Gasteiger partial charge on any atom is -0.379 e. The Kier molecular flexibility index (Phi) is 3.56. The van der Waals surface area contributed by atoms with Crippen LogP contribution in [0, 0.1) is 5.82 Å². The van der Waals surface area contributed by atoms with E-state index >= 15 is 0 Å². The number of para-hydroxylation sites is 1. The molecule has 0 unspecified atom stereocenters. The molecule has 0 bridgehead atoms. The van der Waals surface area contributed by atoms with Crippen LogP contribution in [0.15, 0.2) is 30.5 Å². The highest BCUT2D eigenvalue weighted by Gasteiger charge is 2.25. The molecule has 1 aromatic heterocycles. The zero-order valence-electron chi connectivity index (χ0n) is 13.3. The van der Waals surface area contributed by atoms with Gasteiger partial charge in [0.15, 0.2) is 11.6 Å². The highest BCUT2D eigenvalue weighted by Crippen LogP contribution is 2.36. The van der Waals surface area contributed by atoms with Gasteiger partial charge in [0.25, 0.3) is 0 Å². The summed E-state index contributed by atoms with van der Waals surface area (Å²) in [7, 11) is 0. The fourth-order valence-corrected chi connectivity index (χ4v) is 3.33. The molecular formula is C18H21FN4. The molecule has 4 nitrogen and oxygen atoms in total. The third kappa shape index (κ3) is 2.50. The van der Waals surface area contributed by atoms with Gasteiger partial charge in [-0.05, 0) is 29.7 Å². The normalized spacial score (nSPS) is 16.6. The van der Waals surface area contributed by atoms with Crippen LogP contribution in [-0.4, -0.2) is 31.2 Å². The van der Waals surface area contributed by atoms with Crippen LogP contribution in [0.25, 0.3) is 0 Å². The Bertz CT molecular complexity index is 723. The van der Waals surface area contributed by atoms with Gasteiger partial charge in [0.2, 0.25) is 0 Å². The van der Waals surface area contributed by atoms with Gasteiger partial charge in [-0.2, -0.15) is 0 Å². The molecule has 2 aromatic rings. The van der Waals surface area contributed by atoms with Crippen molar-refractivity contribution in [1.29, 1.82) is 0 Å². The van der Waals surface area contributed by atoms with E-state index in [2.05, 4.69) is 33.4 Å². The number of fused-ring (bicyclic) bond motifs is 1. The number of aryl methyl sites for hydroxylation is 1. The van der Waals surface area contributed by atoms with Gasteiger partial charge in [-0.1, -0.05) is 19.1 Å². The molecule has 5 heteroatoms. The number of nitrogens with one attached hydrogen (secondary N) is 1. The Morgan fingerprint density at radius 1 is 1.17 bits per heavy atom.